The van der Waals surface area contributed by atoms with Gasteiger partial charge >= 0.3 is 0 Å². The van der Waals surface area contributed by atoms with E-state index in [1.807, 2.05) is 25.7 Å². The molecule has 1 unspecified atom stereocenters. The predicted molar refractivity (Wildman–Crippen MR) is 73.2 cm³/mol. The van der Waals surface area contributed by atoms with Gasteiger partial charge in [-0.15, -0.1) is 0 Å². The van der Waals surface area contributed by atoms with Gasteiger partial charge in [0, 0.05) is 25.6 Å². The lowest BCUT2D eigenvalue weighted by atomic mass is 10.1. The highest BCUT2D eigenvalue weighted by atomic mass is 16.4. The Morgan fingerprint density at radius 1 is 1.53 bits per heavy atom. The fourth-order valence-corrected chi connectivity index (χ4v) is 2.54. The van der Waals surface area contributed by atoms with Crippen molar-refractivity contribution in [1.29, 1.82) is 0 Å². The van der Waals surface area contributed by atoms with E-state index in [1.165, 1.54) is 6.42 Å². The van der Waals surface area contributed by atoms with E-state index in [2.05, 4.69) is 10.3 Å². The minimum Gasteiger partial charge on any atom is -0.436 e. The zero-order chi connectivity index (χ0) is 14.0. The molecule has 2 rings (SSSR count). The van der Waals surface area contributed by atoms with Gasteiger partial charge in [0.05, 0.1) is 5.69 Å². The third-order valence-electron chi connectivity index (χ3n) is 3.56. The molecule has 1 atom stereocenters. The van der Waals surface area contributed by atoms with Crippen LogP contribution in [0, 0.1) is 13.8 Å². The zero-order valence-electron chi connectivity index (χ0n) is 12.2. The molecule has 0 spiro atoms. The lowest BCUT2D eigenvalue weighted by molar-refractivity contribution is 0.0654. The molecule has 19 heavy (non-hydrogen) atoms. The Morgan fingerprint density at radius 3 is 2.74 bits per heavy atom. The maximum Gasteiger partial charge on any atom is 0.291 e. The number of hydrogen-bond acceptors (Lipinski definition) is 4. The predicted octanol–water partition coefficient (Wildman–Crippen LogP) is 1.89. The highest BCUT2D eigenvalue weighted by molar-refractivity contribution is 5.92. The fourth-order valence-electron chi connectivity index (χ4n) is 2.54. The molecule has 1 fully saturated rings. The summed E-state index contributed by atoms with van der Waals surface area (Å²) < 4.78 is 5.45. The third-order valence-corrected chi connectivity index (χ3v) is 3.56. The van der Waals surface area contributed by atoms with Gasteiger partial charge in [-0.1, -0.05) is 0 Å². The molecule has 1 aliphatic heterocycles. The van der Waals surface area contributed by atoms with Crippen LogP contribution in [-0.2, 0) is 0 Å². The summed E-state index contributed by atoms with van der Waals surface area (Å²) in [6, 6.07) is 0.551. The van der Waals surface area contributed by atoms with Crippen LogP contribution < -0.4 is 5.32 Å². The standard InChI is InChI=1S/C14H23N3O2/c1-9(2)17(8-12-6-5-7-15-12)14(18)13-10(3)16-11(4)19-13/h9,12,15H,5-8H2,1-4H3. The highest BCUT2D eigenvalue weighted by Crippen LogP contribution is 2.16. The van der Waals surface area contributed by atoms with E-state index >= 15 is 0 Å². The number of carbonyl (C=O) groups excluding carboxylic acids is 1. The average molecular weight is 265 g/mol. The first-order chi connectivity index (χ1) is 8.99. The van der Waals surface area contributed by atoms with Crippen molar-refractivity contribution in [3.8, 4) is 0 Å². The number of nitrogens with zero attached hydrogens (tertiary/aromatic N) is 2. The monoisotopic (exact) mass is 265 g/mol. The second-order valence-corrected chi connectivity index (χ2v) is 5.49. The summed E-state index contributed by atoms with van der Waals surface area (Å²) in [7, 11) is 0. The number of hydrogen-bond donors (Lipinski definition) is 1. The maximum atomic E-state index is 12.6. The summed E-state index contributed by atoms with van der Waals surface area (Å²) in [5, 5.41) is 3.43. The number of oxazole rings is 1. The molecule has 5 heteroatoms. The molecule has 1 aliphatic rings. The van der Waals surface area contributed by atoms with Crippen molar-refractivity contribution >= 4 is 5.91 Å². The van der Waals surface area contributed by atoms with Gasteiger partial charge in [0.1, 0.15) is 0 Å². The quantitative estimate of drug-likeness (QED) is 0.903. The van der Waals surface area contributed by atoms with Gasteiger partial charge in [0.15, 0.2) is 5.89 Å². The molecule has 1 amide bonds. The molecular formula is C14H23N3O2. The molecule has 5 nitrogen and oxygen atoms in total. The minimum absolute atomic E-state index is 0.0539. The van der Waals surface area contributed by atoms with Gasteiger partial charge in [-0.3, -0.25) is 4.79 Å². The van der Waals surface area contributed by atoms with Crippen LogP contribution in [0.4, 0.5) is 0 Å². The summed E-state index contributed by atoms with van der Waals surface area (Å²) in [6.45, 7) is 9.43. The van der Waals surface area contributed by atoms with Crippen molar-refractivity contribution in [2.75, 3.05) is 13.1 Å². The van der Waals surface area contributed by atoms with E-state index in [-0.39, 0.29) is 11.9 Å². The number of carbonyl (C=O) groups is 1. The molecule has 0 aliphatic carbocycles. The number of rotatable bonds is 4. The summed E-state index contributed by atoms with van der Waals surface area (Å²) in [6.07, 6.45) is 2.32. The Kier molecular flexibility index (Phi) is 4.24. The highest BCUT2D eigenvalue weighted by Gasteiger charge is 2.27. The van der Waals surface area contributed by atoms with Crippen molar-refractivity contribution in [3.05, 3.63) is 17.3 Å². The van der Waals surface area contributed by atoms with E-state index in [1.54, 1.807) is 6.92 Å². The van der Waals surface area contributed by atoms with Crippen LogP contribution >= 0.6 is 0 Å². The topological polar surface area (TPSA) is 58.4 Å². The first kappa shape index (κ1) is 14.1. The van der Waals surface area contributed by atoms with Gasteiger partial charge in [-0.05, 0) is 40.2 Å². The lowest BCUT2D eigenvalue weighted by Gasteiger charge is -2.28. The van der Waals surface area contributed by atoms with Crippen LogP contribution in [0.25, 0.3) is 0 Å². The van der Waals surface area contributed by atoms with Crippen molar-refractivity contribution in [1.82, 2.24) is 15.2 Å². The number of aryl methyl sites for hydroxylation is 2. The van der Waals surface area contributed by atoms with E-state index < -0.39 is 0 Å². The van der Waals surface area contributed by atoms with Crippen molar-refractivity contribution in [3.63, 3.8) is 0 Å². The van der Waals surface area contributed by atoms with Gasteiger partial charge in [0.25, 0.3) is 5.91 Å². The first-order valence-electron chi connectivity index (χ1n) is 6.97. The summed E-state index contributed by atoms with van der Waals surface area (Å²) in [5.41, 5.74) is 0.674. The maximum absolute atomic E-state index is 12.6. The van der Waals surface area contributed by atoms with Crippen LogP contribution in [0.3, 0.4) is 0 Å². The van der Waals surface area contributed by atoms with Gasteiger partial charge in [-0.25, -0.2) is 4.98 Å². The molecule has 0 aromatic carbocycles. The number of nitrogens with one attached hydrogen (secondary N) is 1. The van der Waals surface area contributed by atoms with Crippen LogP contribution in [0.15, 0.2) is 4.42 Å². The molecule has 0 saturated carbocycles. The summed E-state index contributed by atoms with van der Waals surface area (Å²) in [5.74, 6) is 0.870. The Labute approximate surface area is 114 Å². The fraction of sp³-hybridized carbons (Fsp3) is 0.714. The molecule has 2 heterocycles. The number of aromatic nitrogens is 1. The van der Waals surface area contributed by atoms with E-state index in [0.29, 0.717) is 23.4 Å². The van der Waals surface area contributed by atoms with Gasteiger partial charge < -0.3 is 14.6 Å². The molecule has 0 bridgehead atoms. The molecule has 106 valence electrons. The van der Waals surface area contributed by atoms with Crippen LogP contribution in [0.2, 0.25) is 0 Å². The summed E-state index contributed by atoms with van der Waals surface area (Å²) >= 11 is 0. The Balaban J connectivity index is 2.14. The van der Waals surface area contributed by atoms with Gasteiger partial charge in [0.2, 0.25) is 5.76 Å². The van der Waals surface area contributed by atoms with Crippen LogP contribution in [-0.4, -0.2) is 41.0 Å². The molecule has 1 aromatic rings. The normalized spacial score (nSPS) is 19.1. The van der Waals surface area contributed by atoms with Crippen molar-refractivity contribution < 1.29 is 9.21 Å². The SMILES string of the molecule is Cc1nc(C)c(C(=O)N(CC2CCCN2)C(C)C)o1. The molecule has 1 saturated heterocycles. The summed E-state index contributed by atoms with van der Waals surface area (Å²) in [4.78, 5) is 18.6. The smallest absolute Gasteiger partial charge is 0.291 e. The average Bonchev–Trinajstić information content (AvgIpc) is 2.94. The molecular weight excluding hydrogens is 242 g/mol. The number of amides is 1. The largest absolute Gasteiger partial charge is 0.436 e. The van der Waals surface area contributed by atoms with Crippen LogP contribution in [0.5, 0.6) is 0 Å². The van der Waals surface area contributed by atoms with E-state index in [0.717, 1.165) is 19.5 Å². The third kappa shape index (κ3) is 3.15. The van der Waals surface area contributed by atoms with Crippen LogP contribution in [0.1, 0.15) is 48.8 Å². The Morgan fingerprint density at radius 2 is 2.26 bits per heavy atom. The van der Waals surface area contributed by atoms with Crippen molar-refractivity contribution in [2.24, 2.45) is 0 Å². The van der Waals surface area contributed by atoms with Gasteiger partial charge in [-0.2, -0.15) is 0 Å². The zero-order valence-corrected chi connectivity index (χ0v) is 12.2. The van der Waals surface area contributed by atoms with Crippen molar-refractivity contribution in [2.45, 2.75) is 52.6 Å². The van der Waals surface area contributed by atoms with E-state index in [9.17, 15) is 4.79 Å². The minimum atomic E-state index is -0.0539. The lowest BCUT2D eigenvalue weighted by Crippen LogP contribution is -2.44. The second kappa shape index (κ2) is 5.74. The molecule has 1 N–H and O–H groups in total. The Bertz CT molecular complexity index is 448. The Hall–Kier alpha value is -1.36. The molecule has 0 radical (unpaired) electrons. The van der Waals surface area contributed by atoms with E-state index in [4.69, 9.17) is 4.42 Å². The molecule has 1 aromatic heterocycles. The first-order valence-corrected chi connectivity index (χ1v) is 6.97. The second-order valence-electron chi connectivity index (χ2n) is 5.49.